The molecular weight excluding hydrogens is 671 g/mol. The lowest BCUT2D eigenvalue weighted by Gasteiger charge is -2.22. The van der Waals surface area contributed by atoms with Gasteiger partial charge in [0, 0.05) is 38.6 Å². The van der Waals surface area contributed by atoms with Crippen molar-refractivity contribution >= 4 is 12.4 Å². The first-order valence-electron chi connectivity index (χ1n) is 25.5. The SMILES string of the molecule is CCCCCCCCN(CCCCCCCC)/N=C/CCCCCCN(CCCC)CCCCCC/C=N/N(CCCCCCCC)CCCCCCCC. The van der Waals surface area contributed by atoms with Crippen LogP contribution in [0.2, 0.25) is 0 Å². The summed E-state index contributed by atoms with van der Waals surface area (Å²) in [6.45, 7) is 20.0. The molecule has 0 spiro atoms. The Balaban J connectivity index is 4.32. The Hall–Kier alpha value is -1.10. The molecular formula is C50H103N5. The number of unbranched alkanes of at least 4 members (excludes halogenated alkanes) is 29. The Morgan fingerprint density at radius 3 is 0.800 bits per heavy atom. The molecule has 0 saturated heterocycles. The van der Waals surface area contributed by atoms with Crippen LogP contribution < -0.4 is 0 Å². The van der Waals surface area contributed by atoms with E-state index in [1.54, 1.807) is 0 Å². The minimum absolute atomic E-state index is 1.14. The van der Waals surface area contributed by atoms with Gasteiger partial charge in [-0.05, 0) is 90.3 Å². The third-order valence-corrected chi connectivity index (χ3v) is 11.5. The standard InChI is InChI=1S/C50H103N5/c1-6-11-16-20-30-38-47-54(48-39-31-21-17-12-7-2)51-42-34-26-24-28-36-45-53(44-15-10-5)46-37-29-25-27-35-43-52-55(49-40-32-22-18-13-8-3)50-41-33-23-19-14-9-4/h42-43H,6-41,44-50H2,1-5H3/b51-42+,52-43+. The van der Waals surface area contributed by atoms with Crippen LogP contribution in [0.15, 0.2) is 10.2 Å². The molecule has 0 aliphatic rings. The van der Waals surface area contributed by atoms with E-state index < -0.39 is 0 Å². The van der Waals surface area contributed by atoms with Gasteiger partial charge in [-0.2, -0.15) is 10.2 Å². The number of hydrogen-bond donors (Lipinski definition) is 0. The van der Waals surface area contributed by atoms with Gasteiger partial charge in [0.1, 0.15) is 0 Å². The van der Waals surface area contributed by atoms with Crippen LogP contribution in [0.4, 0.5) is 0 Å². The van der Waals surface area contributed by atoms with E-state index in [0.717, 1.165) is 39.0 Å². The molecule has 0 aromatic carbocycles. The highest BCUT2D eigenvalue weighted by Crippen LogP contribution is 2.13. The van der Waals surface area contributed by atoms with Gasteiger partial charge >= 0.3 is 0 Å². The van der Waals surface area contributed by atoms with Crippen LogP contribution in [0.1, 0.15) is 266 Å². The zero-order valence-electron chi connectivity index (χ0n) is 38.8. The molecule has 328 valence electrons. The van der Waals surface area contributed by atoms with Crippen LogP contribution in [0.5, 0.6) is 0 Å². The van der Waals surface area contributed by atoms with Gasteiger partial charge in [-0.1, -0.05) is 195 Å². The summed E-state index contributed by atoms with van der Waals surface area (Å²) in [6.07, 6.45) is 52.9. The summed E-state index contributed by atoms with van der Waals surface area (Å²) < 4.78 is 0. The van der Waals surface area contributed by atoms with Gasteiger partial charge in [-0.25, -0.2) is 0 Å². The molecule has 0 N–H and O–H groups in total. The Morgan fingerprint density at radius 1 is 0.255 bits per heavy atom. The van der Waals surface area contributed by atoms with Crippen molar-refractivity contribution in [2.75, 3.05) is 45.8 Å². The molecule has 0 radical (unpaired) electrons. The van der Waals surface area contributed by atoms with Crippen LogP contribution in [0.3, 0.4) is 0 Å². The Morgan fingerprint density at radius 2 is 0.491 bits per heavy atom. The van der Waals surface area contributed by atoms with E-state index in [9.17, 15) is 0 Å². The second-order valence-electron chi connectivity index (χ2n) is 17.2. The molecule has 0 heterocycles. The first kappa shape index (κ1) is 53.9. The second kappa shape index (κ2) is 47.3. The highest BCUT2D eigenvalue weighted by Gasteiger charge is 2.06. The molecule has 55 heavy (non-hydrogen) atoms. The van der Waals surface area contributed by atoms with Crippen molar-refractivity contribution in [3.8, 4) is 0 Å². The predicted octanol–water partition coefficient (Wildman–Crippen LogP) is 16.0. The molecule has 0 aliphatic heterocycles. The molecule has 0 unspecified atom stereocenters. The maximum absolute atomic E-state index is 4.98. The lowest BCUT2D eigenvalue weighted by atomic mass is 10.1. The van der Waals surface area contributed by atoms with E-state index in [-0.39, 0.29) is 0 Å². The van der Waals surface area contributed by atoms with Crippen LogP contribution in [0.25, 0.3) is 0 Å². The van der Waals surface area contributed by atoms with Crippen molar-refractivity contribution in [1.29, 1.82) is 0 Å². The van der Waals surface area contributed by atoms with E-state index >= 15 is 0 Å². The summed E-state index contributed by atoms with van der Waals surface area (Å²) in [5.41, 5.74) is 0. The van der Waals surface area contributed by atoms with Crippen LogP contribution in [0, 0.1) is 0 Å². The number of hydrazone groups is 2. The largest absolute Gasteiger partial charge is 0.303 e. The quantitative estimate of drug-likeness (QED) is 0.0351. The molecule has 0 bridgehead atoms. The molecule has 0 atom stereocenters. The topological polar surface area (TPSA) is 34.4 Å². The molecule has 5 heteroatoms. The number of nitrogens with zero attached hydrogens (tertiary/aromatic N) is 5. The predicted molar refractivity (Wildman–Crippen MR) is 251 cm³/mol. The molecule has 5 nitrogen and oxygen atoms in total. The highest BCUT2D eigenvalue weighted by atomic mass is 15.4. The van der Waals surface area contributed by atoms with Gasteiger partial charge in [0.05, 0.1) is 0 Å². The van der Waals surface area contributed by atoms with E-state index in [1.807, 2.05) is 0 Å². The zero-order valence-corrected chi connectivity index (χ0v) is 38.8. The van der Waals surface area contributed by atoms with Gasteiger partial charge in [0.25, 0.3) is 0 Å². The summed E-state index contributed by atoms with van der Waals surface area (Å²) in [5, 5.41) is 14.8. The Bertz CT molecular complexity index is 664. The number of hydrogen-bond acceptors (Lipinski definition) is 5. The van der Waals surface area contributed by atoms with E-state index in [2.05, 4.69) is 62.0 Å². The van der Waals surface area contributed by atoms with Gasteiger partial charge < -0.3 is 4.90 Å². The lowest BCUT2D eigenvalue weighted by molar-refractivity contribution is 0.256. The van der Waals surface area contributed by atoms with E-state index in [4.69, 9.17) is 10.2 Å². The van der Waals surface area contributed by atoms with E-state index in [0.29, 0.717) is 0 Å². The molecule has 0 aromatic rings. The fourth-order valence-corrected chi connectivity index (χ4v) is 7.67. The minimum Gasteiger partial charge on any atom is -0.303 e. The first-order valence-corrected chi connectivity index (χ1v) is 25.5. The molecule has 0 aromatic heterocycles. The molecule has 0 amide bonds. The lowest BCUT2D eigenvalue weighted by Crippen LogP contribution is -2.27. The van der Waals surface area contributed by atoms with Crippen molar-refractivity contribution < 1.29 is 0 Å². The summed E-state index contributed by atoms with van der Waals surface area (Å²) in [7, 11) is 0. The third-order valence-electron chi connectivity index (χ3n) is 11.5. The smallest absolute Gasteiger partial charge is 0.0360 e. The summed E-state index contributed by atoms with van der Waals surface area (Å²) >= 11 is 0. The van der Waals surface area contributed by atoms with Gasteiger partial charge in [0.2, 0.25) is 0 Å². The zero-order chi connectivity index (χ0) is 40.0. The van der Waals surface area contributed by atoms with Crippen LogP contribution in [-0.2, 0) is 0 Å². The minimum atomic E-state index is 1.14. The normalized spacial score (nSPS) is 12.0. The number of rotatable bonds is 47. The average molecular weight is 774 g/mol. The van der Waals surface area contributed by atoms with Crippen LogP contribution >= 0.6 is 0 Å². The van der Waals surface area contributed by atoms with E-state index in [1.165, 1.54) is 238 Å². The monoisotopic (exact) mass is 774 g/mol. The van der Waals surface area contributed by atoms with Crippen molar-refractivity contribution in [3.05, 3.63) is 0 Å². The van der Waals surface area contributed by atoms with Crippen molar-refractivity contribution in [2.24, 2.45) is 10.2 Å². The summed E-state index contributed by atoms with van der Waals surface area (Å²) in [5.74, 6) is 0. The van der Waals surface area contributed by atoms with Crippen LogP contribution in [-0.4, -0.2) is 73.2 Å². The summed E-state index contributed by atoms with van der Waals surface area (Å²) in [6, 6.07) is 0. The fourth-order valence-electron chi connectivity index (χ4n) is 7.67. The third kappa shape index (κ3) is 42.3. The summed E-state index contributed by atoms with van der Waals surface area (Å²) in [4.78, 5) is 2.77. The molecule has 0 fully saturated rings. The Labute approximate surface area is 348 Å². The first-order chi connectivity index (χ1) is 27.2. The molecule has 0 aliphatic carbocycles. The van der Waals surface area contributed by atoms with Crippen molar-refractivity contribution in [1.82, 2.24) is 14.9 Å². The van der Waals surface area contributed by atoms with Crippen molar-refractivity contribution in [3.63, 3.8) is 0 Å². The van der Waals surface area contributed by atoms with Gasteiger partial charge in [-0.3, -0.25) is 10.0 Å². The highest BCUT2D eigenvalue weighted by molar-refractivity contribution is 5.56. The maximum Gasteiger partial charge on any atom is 0.0360 e. The second-order valence-corrected chi connectivity index (χ2v) is 17.2. The Kier molecular flexibility index (Phi) is 46.3. The van der Waals surface area contributed by atoms with Crippen molar-refractivity contribution in [2.45, 2.75) is 266 Å². The molecule has 0 saturated carbocycles. The van der Waals surface area contributed by atoms with Gasteiger partial charge in [-0.15, -0.1) is 0 Å². The fraction of sp³-hybridized carbons (Fsp3) is 0.960. The average Bonchev–Trinajstić information content (AvgIpc) is 3.19. The molecule has 0 rings (SSSR count). The van der Waals surface area contributed by atoms with Gasteiger partial charge in [0.15, 0.2) is 0 Å². The maximum atomic E-state index is 4.98.